The van der Waals surface area contributed by atoms with Crippen LogP contribution in [0.15, 0.2) is 0 Å². The Morgan fingerprint density at radius 2 is 2.10 bits per heavy atom. The van der Waals surface area contributed by atoms with Gasteiger partial charge in [-0.15, -0.1) is 0 Å². The first kappa shape index (κ1) is 17.4. The van der Waals surface area contributed by atoms with Gasteiger partial charge in [0, 0.05) is 6.42 Å². The Bertz CT molecular complexity index is 343. The molecule has 0 heterocycles. The van der Waals surface area contributed by atoms with Gasteiger partial charge in [-0.3, -0.25) is 4.79 Å². The highest BCUT2D eigenvalue weighted by molar-refractivity contribution is 5.78. The van der Waals surface area contributed by atoms with E-state index in [1.165, 1.54) is 6.42 Å². The first-order chi connectivity index (χ1) is 9.08. The number of hydrogen-bond acceptors (Lipinski definition) is 3. The lowest BCUT2D eigenvalue weighted by Crippen LogP contribution is -2.50. The van der Waals surface area contributed by atoms with Crippen molar-refractivity contribution in [2.24, 2.45) is 11.3 Å². The fourth-order valence-corrected chi connectivity index (χ4v) is 3.61. The van der Waals surface area contributed by atoms with Crippen molar-refractivity contribution in [3.63, 3.8) is 0 Å². The number of nitrogens with one attached hydrogen (secondary N) is 1. The van der Waals surface area contributed by atoms with Gasteiger partial charge >= 0.3 is 5.97 Å². The van der Waals surface area contributed by atoms with E-state index in [1.54, 1.807) is 14.0 Å². The fraction of sp³-hybridized carbons (Fsp3) is 0.938. The number of hydrogen-bond donors (Lipinski definition) is 2. The minimum Gasteiger partial charge on any atom is -0.480 e. The first-order valence-electron chi connectivity index (χ1n) is 7.66. The Labute approximate surface area is 123 Å². The minimum atomic E-state index is -0.921. The van der Waals surface area contributed by atoms with Gasteiger partial charge in [-0.2, -0.15) is 0 Å². The lowest BCUT2D eigenvalue weighted by molar-refractivity contribution is -0.147. The second-order valence-corrected chi connectivity index (χ2v) is 7.57. The molecular formula is C16H31NO3. The van der Waals surface area contributed by atoms with Crippen LogP contribution in [-0.4, -0.2) is 35.9 Å². The summed E-state index contributed by atoms with van der Waals surface area (Å²) in [4.78, 5) is 11.3. The lowest BCUT2D eigenvalue weighted by atomic mass is 9.71. The lowest BCUT2D eigenvalue weighted by Gasteiger charge is -2.40. The smallest absolute Gasteiger partial charge is 0.323 e. The topological polar surface area (TPSA) is 58.6 Å². The van der Waals surface area contributed by atoms with E-state index in [2.05, 4.69) is 26.1 Å². The van der Waals surface area contributed by atoms with Crippen molar-refractivity contribution >= 4 is 5.97 Å². The molecule has 0 radical (unpaired) electrons. The molecule has 4 atom stereocenters. The molecule has 4 unspecified atom stereocenters. The molecule has 0 aromatic carbocycles. The van der Waals surface area contributed by atoms with Gasteiger partial charge in [-0.05, 0) is 51.5 Å². The third kappa shape index (κ3) is 4.74. The maximum Gasteiger partial charge on any atom is 0.323 e. The molecule has 0 aliphatic heterocycles. The standard InChI is InChI=1S/C16H31NO3/c1-11-7-13(10-15(3,4)8-11)20-12(2)9-16(5,17-6)14(18)19/h11-13,17H,7-10H2,1-6H3,(H,18,19). The van der Waals surface area contributed by atoms with Gasteiger partial charge in [-0.25, -0.2) is 0 Å². The van der Waals surface area contributed by atoms with Crippen LogP contribution in [0.2, 0.25) is 0 Å². The summed E-state index contributed by atoms with van der Waals surface area (Å²) in [6, 6.07) is 0. The van der Waals surface area contributed by atoms with Crippen LogP contribution in [0.1, 0.15) is 60.3 Å². The van der Waals surface area contributed by atoms with Crippen LogP contribution in [0.4, 0.5) is 0 Å². The summed E-state index contributed by atoms with van der Waals surface area (Å²) in [5.74, 6) is -0.154. The minimum absolute atomic E-state index is 0.0605. The van der Waals surface area contributed by atoms with Gasteiger partial charge in [0.2, 0.25) is 0 Å². The number of rotatable bonds is 6. The number of aliphatic carboxylic acids is 1. The van der Waals surface area contributed by atoms with E-state index in [1.807, 2.05) is 6.92 Å². The average Bonchev–Trinajstić information content (AvgIpc) is 2.25. The van der Waals surface area contributed by atoms with Crippen molar-refractivity contribution in [3.8, 4) is 0 Å². The maximum atomic E-state index is 11.3. The SMILES string of the molecule is CNC(C)(CC(C)OC1CC(C)CC(C)(C)C1)C(=O)O. The normalized spacial score (nSPS) is 30.5. The third-order valence-electron chi connectivity index (χ3n) is 4.49. The Balaban J connectivity index is 2.57. The predicted octanol–water partition coefficient (Wildman–Crippen LogP) is 3.06. The largest absolute Gasteiger partial charge is 0.480 e. The van der Waals surface area contributed by atoms with Gasteiger partial charge < -0.3 is 15.2 Å². The van der Waals surface area contributed by atoms with Crippen molar-refractivity contribution in [1.29, 1.82) is 0 Å². The number of ether oxygens (including phenoxy) is 1. The molecule has 2 N–H and O–H groups in total. The summed E-state index contributed by atoms with van der Waals surface area (Å²) < 4.78 is 6.14. The van der Waals surface area contributed by atoms with Gasteiger partial charge in [0.05, 0.1) is 12.2 Å². The maximum absolute atomic E-state index is 11.3. The highest BCUT2D eigenvalue weighted by atomic mass is 16.5. The molecule has 0 bridgehead atoms. The zero-order chi connectivity index (χ0) is 15.6. The molecule has 1 saturated carbocycles. The predicted molar refractivity (Wildman–Crippen MR) is 80.8 cm³/mol. The van der Waals surface area contributed by atoms with Crippen LogP contribution in [0.25, 0.3) is 0 Å². The molecule has 1 rings (SSSR count). The number of likely N-dealkylation sites (N-methyl/N-ethyl adjacent to an activating group) is 1. The number of carbonyl (C=O) groups is 1. The zero-order valence-electron chi connectivity index (χ0n) is 13.8. The Kier molecular flexibility index (Phi) is 5.61. The van der Waals surface area contributed by atoms with Crippen LogP contribution in [0.3, 0.4) is 0 Å². The summed E-state index contributed by atoms with van der Waals surface area (Å²) in [6.07, 6.45) is 4.05. The summed E-state index contributed by atoms with van der Waals surface area (Å²) >= 11 is 0. The monoisotopic (exact) mass is 285 g/mol. The van der Waals surface area contributed by atoms with Crippen LogP contribution in [0, 0.1) is 11.3 Å². The van der Waals surface area contributed by atoms with Crippen molar-refractivity contribution in [1.82, 2.24) is 5.32 Å². The molecule has 1 fully saturated rings. The van der Waals surface area contributed by atoms with E-state index in [-0.39, 0.29) is 12.2 Å². The van der Waals surface area contributed by atoms with Crippen LogP contribution >= 0.6 is 0 Å². The van der Waals surface area contributed by atoms with E-state index in [4.69, 9.17) is 4.74 Å². The molecular weight excluding hydrogens is 254 g/mol. The van der Waals surface area contributed by atoms with Crippen LogP contribution in [-0.2, 0) is 9.53 Å². The molecule has 4 nitrogen and oxygen atoms in total. The second-order valence-electron chi connectivity index (χ2n) is 7.57. The summed E-state index contributed by atoms with van der Waals surface area (Å²) in [5, 5.41) is 12.2. The van der Waals surface area contributed by atoms with E-state index in [9.17, 15) is 9.90 Å². The van der Waals surface area contributed by atoms with Gasteiger partial charge in [0.1, 0.15) is 5.54 Å². The molecule has 1 aliphatic carbocycles. The summed E-state index contributed by atoms with van der Waals surface area (Å²) in [7, 11) is 1.69. The number of carboxylic acids is 1. The molecule has 1 aliphatic rings. The first-order valence-corrected chi connectivity index (χ1v) is 7.66. The van der Waals surface area contributed by atoms with Crippen LogP contribution in [0.5, 0.6) is 0 Å². The van der Waals surface area contributed by atoms with Crippen molar-refractivity contribution in [2.75, 3.05) is 7.05 Å². The average molecular weight is 285 g/mol. The molecule has 118 valence electrons. The van der Waals surface area contributed by atoms with Crippen molar-refractivity contribution in [3.05, 3.63) is 0 Å². The van der Waals surface area contributed by atoms with Gasteiger partial charge in [-0.1, -0.05) is 20.8 Å². The molecule has 0 saturated heterocycles. The zero-order valence-corrected chi connectivity index (χ0v) is 13.8. The quantitative estimate of drug-likeness (QED) is 0.787. The fourth-order valence-electron chi connectivity index (χ4n) is 3.61. The van der Waals surface area contributed by atoms with Crippen molar-refractivity contribution in [2.45, 2.75) is 78.0 Å². The van der Waals surface area contributed by atoms with E-state index >= 15 is 0 Å². The molecule has 0 aromatic rings. The second kappa shape index (κ2) is 6.44. The molecule has 20 heavy (non-hydrogen) atoms. The highest BCUT2D eigenvalue weighted by Gasteiger charge is 2.36. The molecule has 0 aromatic heterocycles. The Morgan fingerprint density at radius 3 is 2.55 bits per heavy atom. The van der Waals surface area contributed by atoms with Crippen molar-refractivity contribution < 1.29 is 14.6 Å². The highest BCUT2D eigenvalue weighted by Crippen LogP contribution is 2.40. The molecule has 0 amide bonds. The molecule has 4 heteroatoms. The van der Waals surface area contributed by atoms with Gasteiger partial charge in [0.15, 0.2) is 0 Å². The van der Waals surface area contributed by atoms with E-state index < -0.39 is 11.5 Å². The Hall–Kier alpha value is -0.610. The van der Waals surface area contributed by atoms with Crippen LogP contribution < -0.4 is 5.32 Å². The third-order valence-corrected chi connectivity index (χ3v) is 4.49. The summed E-state index contributed by atoms with van der Waals surface area (Å²) in [5.41, 5.74) is -0.601. The van der Waals surface area contributed by atoms with E-state index in [0.29, 0.717) is 17.8 Å². The van der Waals surface area contributed by atoms with E-state index in [0.717, 1.165) is 12.8 Å². The number of carboxylic acid groups (broad SMARTS) is 1. The Morgan fingerprint density at radius 1 is 1.50 bits per heavy atom. The summed E-state index contributed by atoms with van der Waals surface area (Å²) in [6.45, 7) is 10.5. The van der Waals surface area contributed by atoms with Gasteiger partial charge in [0.25, 0.3) is 0 Å². The molecule has 0 spiro atoms.